The number of hydrogen-bond donors (Lipinski definition) is 2. The molecule has 1 aliphatic heterocycles. The number of rotatable bonds is 5. The fourth-order valence-corrected chi connectivity index (χ4v) is 3.85. The van der Waals surface area contributed by atoms with Crippen molar-refractivity contribution in [1.82, 2.24) is 10.6 Å². The van der Waals surface area contributed by atoms with Crippen LogP contribution < -0.4 is 10.6 Å². The molecule has 0 aromatic carbocycles. The van der Waals surface area contributed by atoms with Crippen molar-refractivity contribution in [2.24, 2.45) is 17.3 Å². The number of thioether (sulfide) groups is 1. The SMILES string of the molecule is CC1(C)C(C#N)=C(SCC(=O)N[C@@](C)(C#N)C2CC2)NC(=O)[C@@H]1C#N. The summed E-state index contributed by atoms with van der Waals surface area (Å²) in [6.07, 6.45) is 1.84. The van der Waals surface area contributed by atoms with Gasteiger partial charge in [0.15, 0.2) is 0 Å². The van der Waals surface area contributed by atoms with Crippen LogP contribution in [-0.4, -0.2) is 23.1 Å². The van der Waals surface area contributed by atoms with Crippen molar-refractivity contribution in [2.45, 2.75) is 39.2 Å². The standard InChI is InChI=1S/C17H19N5O2S/c1-16(2)11(6-18)14(24)21-15(12(16)7-19)25-8-13(23)22-17(3,9-20)10-4-5-10/h10-11H,4-5,8H2,1-3H3,(H,21,24)(H,22,23)/t11-,17-/m0/s1. The Kier molecular flexibility index (Phi) is 5.11. The lowest BCUT2D eigenvalue weighted by atomic mass is 9.72. The van der Waals surface area contributed by atoms with Crippen molar-refractivity contribution in [1.29, 1.82) is 15.8 Å². The van der Waals surface area contributed by atoms with Crippen molar-refractivity contribution in [3.05, 3.63) is 10.6 Å². The van der Waals surface area contributed by atoms with E-state index in [4.69, 9.17) is 0 Å². The van der Waals surface area contributed by atoms with Crippen molar-refractivity contribution in [2.75, 3.05) is 5.75 Å². The molecule has 8 heteroatoms. The van der Waals surface area contributed by atoms with Crippen LogP contribution in [0.4, 0.5) is 0 Å². The zero-order valence-electron chi connectivity index (χ0n) is 14.3. The van der Waals surface area contributed by atoms with Crippen LogP contribution in [0.3, 0.4) is 0 Å². The number of carbonyl (C=O) groups excluding carboxylic acids is 2. The van der Waals surface area contributed by atoms with Gasteiger partial charge in [0.05, 0.1) is 34.6 Å². The van der Waals surface area contributed by atoms with Crippen LogP contribution in [0.25, 0.3) is 0 Å². The summed E-state index contributed by atoms with van der Waals surface area (Å²) in [5.41, 5.74) is -1.54. The summed E-state index contributed by atoms with van der Waals surface area (Å²) in [5, 5.41) is 33.5. The zero-order chi connectivity index (χ0) is 18.8. The van der Waals surface area contributed by atoms with Crippen LogP contribution in [0.1, 0.15) is 33.6 Å². The second-order valence-electron chi connectivity index (χ2n) is 7.01. The lowest BCUT2D eigenvalue weighted by Crippen LogP contribution is -2.48. The lowest BCUT2D eigenvalue weighted by Gasteiger charge is -2.34. The molecule has 1 aliphatic carbocycles. The molecule has 2 amide bonds. The Morgan fingerprint density at radius 2 is 2.04 bits per heavy atom. The van der Waals surface area contributed by atoms with E-state index < -0.39 is 22.8 Å². The van der Waals surface area contributed by atoms with Gasteiger partial charge in [0.25, 0.3) is 0 Å². The monoisotopic (exact) mass is 357 g/mol. The number of hydrogen-bond acceptors (Lipinski definition) is 6. The Morgan fingerprint density at radius 1 is 1.40 bits per heavy atom. The van der Waals surface area contributed by atoms with Crippen molar-refractivity contribution < 1.29 is 9.59 Å². The fraction of sp³-hybridized carbons (Fsp3) is 0.588. The minimum absolute atomic E-state index is 0.0297. The van der Waals surface area contributed by atoms with Gasteiger partial charge < -0.3 is 10.6 Å². The quantitative estimate of drug-likeness (QED) is 0.768. The van der Waals surface area contributed by atoms with E-state index in [1.165, 1.54) is 0 Å². The molecule has 2 rings (SSSR count). The smallest absolute Gasteiger partial charge is 0.243 e. The van der Waals surface area contributed by atoms with Crippen molar-refractivity contribution in [3.8, 4) is 18.2 Å². The highest BCUT2D eigenvalue weighted by molar-refractivity contribution is 8.03. The van der Waals surface area contributed by atoms with Gasteiger partial charge in [-0.3, -0.25) is 9.59 Å². The van der Waals surface area contributed by atoms with Crippen LogP contribution in [-0.2, 0) is 9.59 Å². The third-order valence-corrected chi connectivity index (χ3v) is 5.71. The predicted octanol–water partition coefficient (Wildman–Crippen LogP) is 1.56. The Balaban J connectivity index is 2.11. The first-order valence-electron chi connectivity index (χ1n) is 7.90. The molecule has 0 saturated heterocycles. The fourth-order valence-electron chi connectivity index (χ4n) is 2.88. The molecule has 0 unspecified atom stereocenters. The van der Waals surface area contributed by atoms with E-state index in [2.05, 4.69) is 16.7 Å². The molecule has 0 aromatic rings. The van der Waals surface area contributed by atoms with Gasteiger partial charge in [0, 0.05) is 5.41 Å². The number of amides is 2. The van der Waals surface area contributed by atoms with Crippen molar-refractivity contribution in [3.63, 3.8) is 0 Å². The van der Waals surface area contributed by atoms with E-state index in [9.17, 15) is 25.4 Å². The second kappa shape index (κ2) is 6.78. The van der Waals surface area contributed by atoms with Crippen LogP contribution in [0.2, 0.25) is 0 Å². The Labute approximate surface area is 151 Å². The number of nitrogens with one attached hydrogen (secondary N) is 2. The Morgan fingerprint density at radius 3 is 2.52 bits per heavy atom. The average molecular weight is 357 g/mol. The zero-order valence-corrected chi connectivity index (χ0v) is 15.2. The largest absolute Gasteiger partial charge is 0.337 e. The minimum Gasteiger partial charge on any atom is -0.337 e. The molecular weight excluding hydrogens is 338 g/mol. The molecule has 1 saturated carbocycles. The van der Waals surface area contributed by atoms with E-state index in [0.717, 1.165) is 24.6 Å². The lowest BCUT2D eigenvalue weighted by molar-refractivity contribution is -0.125. The molecule has 0 aromatic heterocycles. The summed E-state index contributed by atoms with van der Waals surface area (Å²) < 4.78 is 0. The number of nitrogens with zero attached hydrogens (tertiary/aromatic N) is 3. The van der Waals surface area contributed by atoms with Gasteiger partial charge in [-0.2, -0.15) is 15.8 Å². The van der Waals surface area contributed by atoms with E-state index in [-0.39, 0.29) is 23.2 Å². The summed E-state index contributed by atoms with van der Waals surface area (Å²) in [7, 11) is 0. The highest BCUT2D eigenvalue weighted by atomic mass is 32.2. The summed E-state index contributed by atoms with van der Waals surface area (Å²) >= 11 is 1.03. The molecule has 1 fully saturated rings. The molecule has 0 bridgehead atoms. The first-order valence-corrected chi connectivity index (χ1v) is 8.88. The molecule has 0 radical (unpaired) electrons. The third kappa shape index (κ3) is 3.62. The van der Waals surface area contributed by atoms with Gasteiger partial charge in [-0.15, -0.1) is 0 Å². The molecule has 1 heterocycles. The van der Waals surface area contributed by atoms with Crippen LogP contribution in [0, 0.1) is 51.2 Å². The molecule has 2 aliphatic rings. The highest BCUT2D eigenvalue weighted by Gasteiger charge is 2.45. The van der Waals surface area contributed by atoms with E-state index in [0.29, 0.717) is 5.03 Å². The maximum absolute atomic E-state index is 12.2. The molecular formula is C17H19N5O2S. The Bertz CT molecular complexity index is 763. The predicted molar refractivity (Wildman–Crippen MR) is 91.0 cm³/mol. The van der Waals surface area contributed by atoms with Crippen LogP contribution >= 0.6 is 11.8 Å². The third-order valence-electron chi connectivity index (χ3n) is 4.71. The van der Waals surface area contributed by atoms with E-state index in [1.54, 1.807) is 20.8 Å². The number of nitriles is 3. The first kappa shape index (κ1) is 18.8. The number of allylic oxidation sites excluding steroid dienone is 1. The topological polar surface area (TPSA) is 130 Å². The molecule has 2 atom stereocenters. The molecule has 7 nitrogen and oxygen atoms in total. The van der Waals surface area contributed by atoms with Gasteiger partial charge in [-0.25, -0.2) is 0 Å². The first-order chi connectivity index (χ1) is 11.7. The van der Waals surface area contributed by atoms with E-state index >= 15 is 0 Å². The van der Waals surface area contributed by atoms with Crippen molar-refractivity contribution >= 4 is 23.6 Å². The van der Waals surface area contributed by atoms with Gasteiger partial charge in [0.1, 0.15) is 11.5 Å². The van der Waals surface area contributed by atoms with Crippen LogP contribution in [0.5, 0.6) is 0 Å². The Hall–Kier alpha value is -2.50. The maximum Gasteiger partial charge on any atom is 0.243 e. The summed E-state index contributed by atoms with van der Waals surface area (Å²) in [5.74, 6) is -1.63. The molecule has 130 valence electrons. The van der Waals surface area contributed by atoms with Crippen LogP contribution in [0.15, 0.2) is 10.6 Å². The minimum atomic E-state index is -0.961. The number of carbonyl (C=O) groups is 2. The summed E-state index contributed by atoms with van der Waals surface area (Å²) in [6.45, 7) is 5.04. The van der Waals surface area contributed by atoms with Gasteiger partial charge in [-0.1, -0.05) is 25.6 Å². The van der Waals surface area contributed by atoms with Gasteiger partial charge >= 0.3 is 0 Å². The highest BCUT2D eigenvalue weighted by Crippen LogP contribution is 2.42. The second-order valence-corrected chi connectivity index (χ2v) is 8.00. The summed E-state index contributed by atoms with van der Waals surface area (Å²) in [6, 6.07) is 6.13. The van der Waals surface area contributed by atoms with E-state index in [1.807, 2.05) is 12.1 Å². The summed E-state index contributed by atoms with van der Waals surface area (Å²) in [4.78, 5) is 24.3. The molecule has 0 spiro atoms. The normalized spacial score (nSPS) is 24.2. The average Bonchev–Trinajstić information content (AvgIpc) is 3.37. The van der Waals surface area contributed by atoms with Gasteiger partial charge in [-0.05, 0) is 25.7 Å². The maximum atomic E-state index is 12.2. The molecule has 2 N–H and O–H groups in total. The molecule has 25 heavy (non-hydrogen) atoms. The van der Waals surface area contributed by atoms with Gasteiger partial charge in [0.2, 0.25) is 11.8 Å².